The Hall–Kier alpha value is -1.56. The van der Waals surface area contributed by atoms with Gasteiger partial charge in [-0.2, -0.15) is 0 Å². The summed E-state index contributed by atoms with van der Waals surface area (Å²) < 4.78 is 24.8. The predicted molar refractivity (Wildman–Crippen MR) is 71.8 cm³/mol. The fourth-order valence-corrected chi connectivity index (χ4v) is 3.06. The lowest BCUT2D eigenvalue weighted by atomic mass is 10.1. The van der Waals surface area contributed by atoms with Crippen molar-refractivity contribution in [3.63, 3.8) is 0 Å². The van der Waals surface area contributed by atoms with Crippen molar-refractivity contribution in [2.45, 2.75) is 26.3 Å². The number of rotatable bonds is 5. The van der Waals surface area contributed by atoms with Gasteiger partial charge in [0.15, 0.2) is 0 Å². The van der Waals surface area contributed by atoms with Crippen LogP contribution in [0.5, 0.6) is 0 Å². The first-order valence-corrected chi connectivity index (χ1v) is 7.47. The van der Waals surface area contributed by atoms with E-state index in [1.165, 1.54) is 0 Å². The van der Waals surface area contributed by atoms with Crippen LogP contribution in [0.3, 0.4) is 0 Å². The van der Waals surface area contributed by atoms with E-state index in [9.17, 15) is 13.2 Å². The third-order valence-electron chi connectivity index (χ3n) is 2.61. The lowest BCUT2D eigenvalue weighted by Crippen LogP contribution is -2.47. The molecule has 1 amide bonds. The number of hydrogen-bond donors (Lipinski definition) is 1. The van der Waals surface area contributed by atoms with E-state index in [0.717, 1.165) is 16.1 Å². The van der Waals surface area contributed by atoms with Crippen LogP contribution in [0, 0.1) is 6.92 Å². The number of benzene rings is 1. The molecule has 1 rings (SSSR count). The predicted octanol–water partition coefficient (Wildman–Crippen LogP) is 1.02. The molecule has 0 fully saturated rings. The number of nitrogens with zero attached hydrogens (tertiary/aromatic N) is 1. The van der Waals surface area contributed by atoms with Crippen molar-refractivity contribution in [2.24, 2.45) is 5.73 Å². The first kappa shape index (κ1) is 14.5. The van der Waals surface area contributed by atoms with Crippen molar-refractivity contribution >= 4 is 21.6 Å². The number of aryl methyl sites for hydroxylation is 1. The van der Waals surface area contributed by atoms with Gasteiger partial charge in [-0.25, -0.2) is 8.42 Å². The molecule has 5 nitrogen and oxygen atoms in total. The van der Waals surface area contributed by atoms with Gasteiger partial charge in [-0.05, 0) is 31.0 Å². The van der Waals surface area contributed by atoms with E-state index in [1.54, 1.807) is 25.1 Å². The third kappa shape index (κ3) is 3.22. The molecule has 0 spiro atoms. The standard InChI is InChI=1S/C12H18N2O3S/c1-4-11(12(13)15)14(18(3,16)17)10-7-5-6-9(2)8-10/h5-8,11H,4H2,1-3H3,(H2,13,15)/t11-/m1/s1. The van der Waals surface area contributed by atoms with Gasteiger partial charge in [0.1, 0.15) is 6.04 Å². The van der Waals surface area contributed by atoms with E-state index in [0.29, 0.717) is 12.1 Å². The number of amides is 1. The number of carbonyl (C=O) groups excluding carboxylic acids is 1. The van der Waals surface area contributed by atoms with Crippen molar-refractivity contribution in [2.75, 3.05) is 10.6 Å². The number of hydrogen-bond acceptors (Lipinski definition) is 3. The molecule has 0 heterocycles. The van der Waals surface area contributed by atoms with E-state index < -0.39 is 22.0 Å². The minimum Gasteiger partial charge on any atom is -0.368 e. The van der Waals surface area contributed by atoms with Crippen LogP contribution < -0.4 is 10.0 Å². The summed E-state index contributed by atoms with van der Waals surface area (Å²) in [5.41, 5.74) is 6.65. The number of carbonyl (C=O) groups is 1. The Balaban J connectivity index is 3.35. The second-order valence-electron chi connectivity index (χ2n) is 4.22. The molecule has 0 bridgehead atoms. The number of primary amides is 1. The minimum absolute atomic E-state index is 0.330. The molecule has 18 heavy (non-hydrogen) atoms. The van der Waals surface area contributed by atoms with E-state index in [1.807, 2.05) is 13.0 Å². The molecular weight excluding hydrogens is 252 g/mol. The maximum absolute atomic E-state index is 11.9. The summed E-state index contributed by atoms with van der Waals surface area (Å²) in [7, 11) is -3.56. The molecule has 1 aromatic rings. The normalized spacial score (nSPS) is 13.1. The van der Waals surface area contributed by atoms with Crippen molar-refractivity contribution in [1.82, 2.24) is 0 Å². The largest absolute Gasteiger partial charge is 0.368 e. The Morgan fingerprint density at radius 1 is 1.44 bits per heavy atom. The molecule has 0 aliphatic heterocycles. The van der Waals surface area contributed by atoms with Gasteiger partial charge in [-0.1, -0.05) is 19.1 Å². The van der Waals surface area contributed by atoms with Crippen LogP contribution in [0.4, 0.5) is 5.69 Å². The van der Waals surface area contributed by atoms with Gasteiger partial charge in [0.05, 0.1) is 11.9 Å². The van der Waals surface area contributed by atoms with Gasteiger partial charge in [0.25, 0.3) is 0 Å². The smallest absolute Gasteiger partial charge is 0.241 e. The monoisotopic (exact) mass is 270 g/mol. The van der Waals surface area contributed by atoms with E-state index in [2.05, 4.69) is 0 Å². The van der Waals surface area contributed by atoms with Gasteiger partial charge in [-0.3, -0.25) is 9.10 Å². The highest BCUT2D eigenvalue weighted by Gasteiger charge is 2.29. The molecule has 0 aromatic heterocycles. The molecule has 0 radical (unpaired) electrons. The van der Waals surface area contributed by atoms with Crippen molar-refractivity contribution < 1.29 is 13.2 Å². The SMILES string of the molecule is CC[C@H](C(N)=O)N(c1cccc(C)c1)S(C)(=O)=O. The summed E-state index contributed by atoms with van der Waals surface area (Å²) in [5.74, 6) is -0.649. The highest BCUT2D eigenvalue weighted by Crippen LogP contribution is 2.22. The van der Waals surface area contributed by atoms with Crippen LogP contribution in [0.15, 0.2) is 24.3 Å². The summed E-state index contributed by atoms with van der Waals surface area (Å²) >= 11 is 0. The minimum atomic E-state index is -3.56. The van der Waals surface area contributed by atoms with Crippen LogP contribution in [0.25, 0.3) is 0 Å². The summed E-state index contributed by atoms with van der Waals surface area (Å²) in [6, 6.07) is 6.11. The molecule has 100 valence electrons. The maximum atomic E-state index is 11.9. The van der Waals surface area contributed by atoms with Gasteiger partial charge in [-0.15, -0.1) is 0 Å². The lowest BCUT2D eigenvalue weighted by molar-refractivity contribution is -0.119. The highest BCUT2D eigenvalue weighted by atomic mass is 32.2. The number of nitrogens with two attached hydrogens (primary N) is 1. The van der Waals surface area contributed by atoms with Crippen LogP contribution in [-0.2, 0) is 14.8 Å². The zero-order valence-electron chi connectivity index (χ0n) is 10.8. The third-order valence-corrected chi connectivity index (χ3v) is 3.79. The molecule has 6 heteroatoms. The average Bonchev–Trinajstić information content (AvgIpc) is 2.23. The van der Waals surface area contributed by atoms with Crippen molar-refractivity contribution in [3.8, 4) is 0 Å². The fraction of sp³-hybridized carbons (Fsp3) is 0.417. The van der Waals surface area contributed by atoms with Crippen molar-refractivity contribution in [1.29, 1.82) is 0 Å². The zero-order chi connectivity index (χ0) is 13.9. The molecule has 1 atom stereocenters. The topological polar surface area (TPSA) is 80.5 Å². The number of sulfonamides is 1. The van der Waals surface area contributed by atoms with Gasteiger partial charge in [0.2, 0.25) is 15.9 Å². The molecule has 0 saturated carbocycles. The van der Waals surface area contributed by atoms with E-state index >= 15 is 0 Å². The number of anilines is 1. The summed E-state index contributed by atoms with van der Waals surface area (Å²) in [6.45, 7) is 3.58. The summed E-state index contributed by atoms with van der Waals surface area (Å²) in [6.07, 6.45) is 1.40. The van der Waals surface area contributed by atoms with E-state index in [4.69, 9.17) is 5.73 Å². The Bertz CT molecular complexity index is 540. The molecule has 1 aromatic carbocycles. The van der Waals surface area contributed by atoms with Gasteiger partial charge in [0, 0.05) is 0 Å². The molecular formula is C12H18N2O3S. The molecule has 0 aliphatic rings. The Labute approximate surface area is 108 Å². The van der Waals surface area contributed by atoms with Crippen LogP contribution in [0.2, 0.25) is 0 Å². The van der Waals surface area contributed by atoms with Gasteiger partial charge < -0.3 is 5.73 Å². The average molecular weight is 270 g/mol. The molecule has 0 unspecified atom stereocenters. The fourth-order valence-electron chi connectivity index (χ4n) is 1.85. The first-order chi connectivity index (χ1) is 8.27. The first-order valence-electron chi connectivity index (χ1n) is 5.62. The second kappa shape index (κ2) is 5.39. The van der Waals surface area contributed by atoms with Crippen LogP contribution >= 0.6 is 0 Å². The Kier molecular flexibility index (Phi) is 4.34. The molecule has 0 aliphatic carbocycles. The van der Waals surface area contributed by atoms with Crippen LogP contribution in [-0.4, -0.2) is 26.6 Å². The zero-order valence-corrected chi connectivity index (χ0v) is 11.6. The molecule has 2 N–H and O–H groups in total. The van der Waals surface area contributed by atoms with Gasteiger partial charge >= 0.3 is 0 Å². The van der Waals surface area contributed by atoms with E-state index in [-0.39, 0.29) is 0 Å². The maximum Gasteiger partial charge on any atom is 0.241 e. The highest BCUT2D eigenvalue weighted by molar-refractivity contribution is 7.92. The summed E-state index contributed by atoms with van der Waals surface area (Å²) in [5, 5.41) is 0. The Morgan fingerprint density at radius 2 is 2.06 bits per heavy atom. The van der Waals surface area contributed by atoms with Crippen molar-refractivity contribution in [3.05, 3.63) is 29.8 Å². The lowest BCUT2D eigenvalue weighted by Gasteiger charge is -2.28. The molecule has 0 saturated heterocycles. The summed E-state index contributed by atoms with van der Waals surface area (Å²) in [4.78, 5) is 11.4. The second-order valence-corrected chi connectivity index (χ2v) is 6.08. The quantitative estimate of drug-likeness (QED) is 0.867. The Morgan fingerprint density at radius 3 is 2.44 bits per heavy atom. The van der Waals surface area contributed by atoms with Crippen LogP contribution in [0.1, 0.15) is 18.9 Å².